The first-order valence-electron chi connectivity index (χ1n) is 9.71. The molecule has 2 aromatic rings. The summed E-state index contributed by atoms with van der Waals surface area (Å²) >= 11 is 0. The lowest BCUT2D eigenvalue weighted by molar-refractivity contribution is -0.122. The summed E-state index contributed by atoms with van der Waals surface area (Å²) in [4.78, 5) is 12.7. The molecule has 2 rings (SSSR count). The predicted molar refractivity (Wildman–Crippen MR) is 116 cm³/mol. The molecular formula is C22H30N2O5S. The van der Waals surface area contributed by atoms with Crippen molar-refractivity contribution >= 4 is 15.9 Å². The fourth-order valence-electron chi connectivity index (χ4n) is 3.12. The van der Waals surface area contributed by atoms with E-state index >= 15 is 0 Å². The van der Waals surface area contributed by atoms with Crippen molar-refractivity contribution in [1.82, 2.24) is 9.62 Å². The first-order valence-corrected chi connectivity index (χ1v) is 11.2. The van der Waals surface area contributed by atoms with E-state index in [0.29, 0.717) is 17.4 Å². The summed E-state index contributed by atoms with van der Waals surface area (Å²) in [6.45, 7) is 3.86. The zero-order valence-corrected chi connectivity index (χ0v) is 18.9. The molecule has 0 spiro atoms. The topological polar surface area (TPSA) is 84.9 Å². The highest BCUT2D eigenvalue weighted by Crippen LogP contribution is 2.30. The third-order valence-corrected chi connectivity index (χ3v) is 6.47. The third kappa shape index (κ3) is 5.96. The Morgan fingerprint density at radius 3 is 2.23 bits per heavy atom. The number of methoxy groups -OCH3 is 2. The SMILES string of the molecule is COc1ccc(S(=O)(=O)N(C)CC(=O)NC(CC(C)C)c2ccccc2)cc1OC. The van der Waals surface area contributed by atoms with E-state index in [9.17, 15) is 13.2 Å². The minimum atomic E-state index is -3.88. The van der Waals surface area contributed by atoms with E-state index in [2.05, 4.69) is 19.2 Å². The molecule has 0 heterocycles. The lowest BCUT2D eigenvalue weighted by Crippen LogP contribution is -2.40. The smallest absolute Gasteiger partial charge is 0.243 e. The highest BCUT2D eigenvalue weighted by Gasteiger charge is 2.25. The van der Waals surface area contributed by atoms with Crippen molar-refractivity contribution in [3.8, 4) is 11.5 Å². The number of hydrogen-bond donors (Lipinski definition) is 1. The van der Waals surface area contributed by atoms with Crippen molar-refractivity contribution in [2.75, 3.05) is 27.8 Å². The maximum Gasteiger partial charge on any atom is 0.243 e. The van der Waals surface area contributed by atoms with Gasteiger partial charge in [-0.05, 0) is 30.0 Å². The summed E-state index contributed by atoms with van der Waals surface area (Å²) in [5.74, 6) is 0.730. The maximum absolute atomic E-state index is 12.9. The van der Waals surface area contributed by atoms with Gasteiger partial charge in [-0.3, -0.25) is 4.79 Å². The van der Waals surface area contributed by atoms with Gasteiger partial charge in [0.1, 0.15) is 0 Å². The molecule has 30 heavy (non-hydrogen) atoms. The maximum atomic E-state index is 12.9. The van der Waals surface area contributed by atoms with Gasteiger partial charge in [0, 0.05) is 13.1 Å². The zero-order valence-electron chi connectivity index (χ0n) is 18.1. The quantitative estimate of drug-likeness (QED) is 0.621. The monoisotopic (exact) mass is 434 g/mol. The van der Waals surface area contributed by atoms with Crippen LogP contribution in [0.3, 0.4) is 0 Å². The summed E-state index contributed by atoms with van der Waals surface area (Å²) in [6, 6.07) is 13.8. The Morgan fingerprint density at radius 2 is 1.67 bits per heavy atom. The largest absolute Gasteiger partial charge is 0.493 e. The highest BCUT2D eigenvalue weighted by atomic mass is 32.2. The Morgan fingerprint density at radius 1 is 1.03 bits per heavy atom. The highest BCUT2D eigenvalue weighted by molar-refractivity contribution is 7.89. The molecule has 0 saturated heterocycles. The van der Waals surface area contributed by atoms with Crippen LogP contribution in [0.2, 0.25) is 0 Å². The van der Waals surface area contributed by atoms with Crippen molar-refractivity contribution < 1.29 is 22.7 Å². The Kier molecular flexibility index (Phi) is 8.25. The number of likely N-dealkylation sites (N-methyl/N-ethyl adjacent to an activating group) is 1. The normalized spacial score (nSPS) is 12.6. The van der Waals surface area contributed by atoms with Gasteiger partial charge in [-0.25, -0.2) is 8.42 Å². The van der Waals surface area contributed by atoms with Crippen LogP contribution in [0.1, 0.15) is 31.9 Å². The molecule has 0 aliphatic carbocycles. The number of carbonyl (C=O) groups is 1. The zero-order chi connectivity index (χ0) is 22.3. The van der Waals surface area contributed by atoms with E-state index in [-0.39, 0.29) is 23.4 Å². The number of carbonyl (C=O) groups excluding carboxylic acids is 1. The van der Waals surface area contributed by atoms with Crippen LogP contribution in [0.25, 0.3) is 0 Å². The van der Waals surface area contributed by atoms with Crippen LogP contribution < -0.4 is 14.8 Å². The summed E-state index contributed by atoms with van der Waals surface area (Å²) in [6.07, 6.45) is 0.752. The lowest BCUT2D eigenvalue weighted by atomic mass is 9.97. The van der Waals surface area contributed by atoms with Gasteiger partial charge in [0.15, 0.2) is 11.5 Å². The van der Waals surface area contributed by atoms with Crippen LogP contribution in [0.15, 0.2) is 53.4 Å². The van der Waals surface area contributed by atoms with Gasteiger partial charge in [0.2, 0.25) is 15.9 Å². The molecule has 1 amide bonds. The molecule has 8 heteroatoms. The number of nitrogens with zero attached hydrogens (tertiary/aromatic N) is 1. The molecule has 2 aromatic carbocycles. The molecule has 0 radical (unpaired) electrons. The van der Waals surface area contributed by atoms with Gasteiger partial charge in [-0.2, -0.15) is 4.31 Å². The fourth-order valence-corrected chi connectivity index (χ4v) is 4.26. The minimum Gasteiger partial charge on any atom is -0.493 e. The molecule has 0 aliphatic rings. The Labute approximate surface area is 179 Å². The molecular weight excluding hydrogens is 404 g/mol. The number of amides is 1. The average Bonchev–Trinajstić information content (AvgIpc) is 2.72. The molecule has 0 bridgehead atoms. The predicted octanol–water partition coefficient (Wildman–Crippen LogP) is 3.23. The average molecular weight is 435 g/mol. The number of hydrogen-bond acceptors (Lipinski definition) is 5. The first-order chi connectivity index (χ1) is 14.2. The fraction of sp³-hybridized carbons (Fsp3) is 0.409. The lowest BCUT2D eigenvalue weighted by Gasteiger charge is -2.23. The number of nitrogens with one attached hydrogen (secondary N) is 1. The van der Waals surface area contributed by atoms with Gasteiger partial charge >= 0.3 is 0 Å². The summed E-state index contributed by atoms with van der Waals surface area (Å²) < 4.78 is 37.2. The standard InChI is InChI=1S/C22H30N2O5S/c1-16(2)13-19(17-9-7-6-8-10-17)23-22(25)15-24(3)30(26,27)18-11-12-20(28-4)21(14-18)29-5/h6-12,14,16,19H,13,15H2,1-5H3,(H,23,25). The van der Waals surface area contributed by atoms with Crippen LogP contribution in [0.4, 0.5) is 0 Å². The molecule has 1 atom stereocenters. The van der Waals surface area contributed by atoms with Crippen molar-refractivity contribution in [1.29, 1.82) is 0 Å². The molecule has 0 fully saturated rings. The van der Waals surface area contributed by atoms with Crippen LogP contribution in [0.5, 0.6) is 11.5 Å². The van der Waals surface area contributed by atoms with Crippen molar-refractivity contribution in [3.63, 3.8) is 0 Å². The van der Waals surface area contributed by atoms with E-state index < -0.39 is 10.0 Å². The number of sulfonamides is 1. The molecule has 1 unspecified atom stereocenters. The summed E-state index contributed by atoms with van der Waals surface area (Å²) in [7, 11) is 0.412. The first kappa shape index (κ1) is 23.7. The number of ether oxygens (including phenoxy) is 2. The van der Waals surface area contributed by atoms with Crippen LogP contribution in [-0.4, -0.2) is 46.4 Å². The second kappa shape index (κ2) is 10.4. The van der Waals surface area contributed by atoms with Gasteiger partial charge < -0.3 is 14.8 Å². The van der Waals surface area contributed by atoms with Crippen molar-refractivity contribution in [2.45, 2.75) is 31.2 Å². The Hall–Kier alpha value is -2.58. The van der Waals surface area contributed by atoms with Crippen LogP contribution in [-0.2, 0) is 14.8 Å². The number of rotatable bonds is 10. The van der Waals surface area contributed by atoms with E-state index in [1.165, 1.54) is 39.5 Å². The van der Waals surface area contributed by atoms with Gasteiger partial charge in [-0.15, -0.1) is 0 Å². The minimum absolute atomic E-state index is 0.0252. The second-order valence-electron chi connectivity index (χ2n) is 7.44. The van der Waals surface area contributed by atoms with E-state index in [0.717, 1.165) is 16.3 Å². The summed E-state index contributed by atoms with van der Waals surface area (Å²) in [5.41, 5.74) is 0.991. The van der Waals surface area contributed by atoms with Crippen LogP contribution in [0, 0.1) is 5.92 Å². The van der Waals surface area contributed by atoms with Crippen LogP contribution >= 0.6 is 0 Å². The molecule has 7 nitrogen and oxygen atoms in total. The number of benzene rings is 2. The van der Waals surface area contributed by atoms with Gasteiger partial charge in [-0.1, -0.05) is 44.2 Å². The molecule has 164 valence electrons. The molecule has 0 aromatic heterocycles. The Bertz CT molecular complexity index is 945. The summed E-state index contributed by atoms with van der Waals surface area (Å²) in [5, 5.41) is 2.97. The van der Waals surface area contributed by atoms with Crippen molar-refractivity contribution in [3.05, 3.63) is 54.1 Å². The molecule has 0 aliphatic heterocycles. The van der Waals surface area contributed by atoms with Gasteiger partial charge in [0.05, 0.1) is 31.7 Å². The van der Waals surface area contributed by atoms with E-state index in [1.807, 2.05) is 30.3 Å². The Balaban J connectivity index is 2.15. The molecule has 1 N–H and O–H groups in total. The second-order valence-corrected chi connectivity index (χ2v) is 9.48. The van der Waals surface area contributed by atoms with Gasteiger partial charge in [0.25, 0.3) is 0 Å². The van der Waals surface area contributed by atoms with E-state index in [4.69, 9.17) is 9.47 Å². The third-order valence-electron chi connectivity index (χ3n) is 4.67. The van der Waals surface area contributed by atoms with E-state index in [1.54, 1.807) is 0 Å². The van der Waals surface area contributed by atoms with Crippen molar-refractivity contribution in [2.24, 2.45) is 5.92 Å². The molecule has 0 saturated carbocycles.